The van der Waals surface area contributed by atoms with Gasteiger partial charge in [0.15, 0.2) is 5.82 Å². The third-order valence-corrected chi connectivity index (χ3v) is 3.69. The van der Waals surface area contributed by atoms with Crippen LogP contribution in [0, 0.1) is 0 Å². The number of nitrogen functional groups attached to an aromatic ring is 1. The predicted octanol–water partition coefficient (Wildman–Crippen LogP) is 2.02. The quantitative estimate of drug-likeness (QED) is 0.564. The van der Waals surface area contributed by atoms with Crippen LogP contribution in [0.3, 0.4) is 0 Å². The number of fused-ring (bicyclic) bond motifs is 3. The van der Waals surface area contributed by atoms with Gasteiger partial charge in [-0.1, -0.05) is 12.1 Å². The van der Waals surface area contributed by atoms with Crippen molar-refractivity contribution in [2.45, 2.75) is 6.54 Å². The Morgan fingerprint density at radius 3 is 2.48 bits per heavy atom. The molecule has 0 fully saturated rings. The molecule has 2 heterocycles. The maximum atomic E-state index is 11.2. The Balaban J connectivity index is 1.97. The van der Waals surface area contributed by atoms with Crippen molar-refractivity contribution in [1.29, 1.82) is 0 Å². The van der Waals surface area contributed by atoms with Crippen molar-refractivity contribution in [2.24, 2.45) is 0 Å². The largest absolute Gasteiger partial charge is 0.480 e. The molecule has 7 nitrogen and oxygen atoms in total. The molecule has 0 aliphatic carbocycles. The highest BCUT2D eigenvalue weighted by Gasteiger charge is 2.17. The molecule has 0 unspecified atom stereocenters. The lowest BCUT2D eigenvalue weighted by molar-refractivity contribution is -0.137. The van der Waals surface area contributed by atoms with E-state index in [1.54, 1.807) is 21.2 Å². The number of aliphatic carboxylic acids is 1. The first kappa shape index (κ1) is 13.3. The molecular formula is C16H13N5O2. The molecule has 0 bridgehead atoms. The average Bonchev–Trinajstić information content (AvgIpc) is 3.08. The Morgan fingerprint density at radius 1 is 1.09 bits per heavy atom. The summed E-state index contributed by atoms with van der Waals surface area (Å²) in [6.07, 6.45) is 0. The Hall–Kier alpha value is -3.35. The lowest BCUT2D eigenvalue weighted by Crippen LogP contribution is -2.08. The first-order valence-electron chi connectivity index (χ1n) is 7.05. The number of carbonyl (C=O) groups is 1. The highest BCUT2D eigenvalue weighted by molar-refractivity contribution is 5.83. The number of imidazole rings is 1. The van der Waals surface area contributed by atoms with Crippen molar-refractivity contribution in [1.82, 2.24) is 19.2 Å². The molecule has 0 aliphatic heterocycles. The smallest absolute Gasteiger partial charge is 0.323 e. The van der Waals surface area contributed by atoms with Crippen molar-refractivity contribution >= 4 is 28.5 Å². The van der Waals surface area contributed by atoms with E-state index in [2.05, 4.69) is 10.1 Å². The minimum atomic E-state index is -0.926. The zero-order valence-electron chi connectivity index (χ0n) is 12.0. The SMILES string of the molecule is Nc1ccc(-c2nc3n(CC(=O)O)c4ccccc4n3n2)cc1. The molecular weight excluding hydrogens is 294 g/mol. The average molecular weight is 307 g/mol. The van der Waals surface area contributed by atoms with Gasteiger partial charge in [0.05, 0.1) is 11.0 Å². The first-order chi connectivity index (χ1) is 11.1. The number of hydrogen-bond acceptors (Lipinski definition) is 4. The first-order valence-corrected chi connectivity index (χ1v) is 7.05. The molecule has 0 radical (unpaired) electrons. The summed E-state index contributed by atoms with van der Waals surface area (Å²) in [6, 6.07) is 14.7. The summed E-state index contributed by atoms with van der Waals surface area (Å²) in [7, 11) is 0. The summed E-state index contributed by atoms with van der Waals surface area (Å²) in [5.41, 5.74) is 8.79. The second-order valence-corrected chi connectivity index (χ2v) is 5.24. The van der Waals surface area contributed by atoms with E-state index in [1.165, 1.54) is 0 Å². The van der Waals surface area contributed by atoms with Crippen LogP contribution in [0.15, 0.2) is 48.5 Å². The van der Waals surface area contributed by atoms with E-state index in [4.69, 9.17) is 10.8 Å². The predicted molar refractivity (Wildman–Crippen MR) is 86.0 cm³/mol. The Kier molecular flexibility index (Phi) is 2.80. The van der Waals surface area contributed by atoms with E-state index < -0.39 is 5.97 Å². The van der Waals surface area contributed by atoms with Gasteiger partial charge in [-0.05, 0) is 36.4 Å². The normalized spacial score (nSPS) is 11.3. The number of nitrogens with zero attached hydrogens (tertiary/aromatic N) is 4. The van der Waals surface area contributed by atoms with Gasteiger partial charge >= 0.3 is 5.97 Å². The zero-order chi connectivity index (χ0) is 16.0. The minimum Gasteiger partial charge on any atom is -0.480 e. The summed E-state index contributed by atoms with van der Waals surface area (Å²) < 4.78 is 3.31. The molecule has 114 valence electrons. The fourth-order valence-electron chi connectivity index (χ4n) is 2.67. The summed E-state index contributed by atoms with van der Waals surface area (Å²) in [6.45, 7) is -0.170. The molecule has 7 heteroatoms. The lowest BCUT2D eigenvalue weighted by atomic mass is 10.2. The molecule has 0 saturated heterocycles. The minimum absolute atomic E-state index is 0.170. The summed E-state index contributed by atoms with van der Waals surface area (Å²) >= 11 is 0. The van der Waals surface area contributed by atoms with Crippen molar-refractivity contribution in [3.63, 3.8) is 0 Å². The van der Waals surface area contributed by atoms with E-state index in [1.807, 2.05) is 36.4 Å². The number of para-hydroxylation sites is 2. The summed E-state index contributed by atoms with van der Waals surface area (Å²) in [4.78, 5) is 15.7. The van der Waals surface area contributed by atoms with E-state index >= 15 is 0 Å². The van der Waals surface area contributed by atoms with Gasteiger partial charge in [-0.3, -0.25) is 9.36 Å². The number of rotatable bonds is 3. The monoisotopic (exact) mass is 307 g/mol. The second-order valence-electron chi connectivity index (χ2n) is 5.24. The Bertz CT molecular complexity index is 1030. The highest BCUT2D eigenvalue weighted by atomic mass is 16.4. The van der Waals surface area contributed by atoms with Crippen LogP contribution < -0.4 is 5.73 Å². The third-order valence-electron chi connectivity index (χ3n) is 3.69. The van der Waals surface area contributed by atoms with Gasteiger partial charge < -0.3 is 10.8 Å². The van der Waals surface area contributed by atoms with Crippen LogP contribution in [0.5, 0.6) is 0 Å². The van der Waals surface area contributed by atoms with Gasteiger partial charge in [0.25, 0.3) is 0 Å². The van der Waals surface area contributed by atoms with Crippen molar-refractivity contribution < 1.29 is 9.90 Å². The number of anilines is 1. The topological polar surface area (TPSA) is 98.4 Å². The fourth-order valence-corrected chi connectivity index (χ4v) is 2.67. The number of aromatic nitrogens is 4. The number of hydrogen-bond donors (Lipinski definition) is 2. The fraction of sp³-hybridized carbons (Fsp3) is 0.0625. The van der Waals surface area contributed by atoms with E-state index in [-0.39, 0.29) is 6.54 Å². The van der Waals surface area contributed by atoms with Crippen LogP contribution in [0.2, 0.25) is 0 Å². The van der Waals surface area contributed by atoms with Crippen LogP contribution >= 0.6 is 0 Å². The number of carboxylic acid groups (broad SMARTS) is 1. The van der Waals surface area contributed by atoms with E-state index in [0.29, 0.717) is 17.3 Å². The van der Waals surface area contributed by atoms with Gasteiger partial charge in [0.2, 0.25) is 5.78 Å². The van der Waals surface area contributed by atoms with Crippen molar-refractivity contribution in [3.8, 4) is 11.4 Å². The molecule has 2 aromatic heterocycles. The molecule has 4 rings (SSSR count). The van der Waals surface area contributed by atoms with Crippen molar-refractivity contribution in [3.05, 3.63) is 48.5 Å². The Labute approximate surface area is 130 Å². The standard InChI is InChI=1S/C16H13N5O2/c17-11-7-5-10(6-8-11)15-18-16-20(9-14(22)23)12-3-1-2-4-13(12)21(16)19-15/h1-8H,9,17H2,(H,22,23). The van der Waals surface area contributed by atoms with Crippen LogP contribution in [0.4, 0.5) is 5.69 Å². The number of nitrogens with two attached hydrogens (primary N) is 1. The maximum Gasteiger partial charge on any atom is 0.323 e. The van der Waals surface area contributed by atoms with E-state index in [0.717, 1.165) is 16.6 Å². The lowest BCUT2D eigenvalue weighted by Gasteiger charge is -2.00. The van der Waals surface area contributed by atoms with Crippen LogP contribution in [0.25, 0.3) is 28.2 Å². The van der Waals surface area contributed by atoms with Crippen LogP contribution in [-0.4, -0.2) is 30.2 Å². The maximum absolute atomic E-state index is 11.2. The molecule has 0 aliphatic rings. The molecule has 0 saturated carbocycles. The van der Waals surface area contributed by atoms with Gasteiger partial charge in [-0.25, -0.2) is 0 Å². The third kappa shape index (κ3) is 2.10. The van der Waals surface area contributed by atoms with E-state index in [9.17, 15) is 4.79 Å². The molecule has 4 aromatic rings. The van der Waals surface area contributed by atoms with Gasteiger partial charge in [-0.2, -0.15) is 9.50 Å². The summed E-state index contributed by atoms with van der Waals surface area (Å²) in [5.74, 6) is 0.107. The van der Waals surface area contributed by atoms with Crippen LogP contribution in [0.1, 0.15) is 0 Å². The number of carboxylic acids is 1. The molecule has 23 heavy (non-hydrogen) atoms. The molecule has 0 amide bonds. The van der Waals surface area contributed by atoms with Crippen LogP contribution in [-0.2, 0) is 11.3 Å². The van der Waals surface area contributed by atoms with Gasteiger partial charge in [0, 0.05) is 11.3 Å². The number of benzene rings is 2. The molecule has 3 N–H and O–H groups in total. The second kappa shape index (κ2) is 4.84. The molecule has 2 aromatic carbocycles. The van der Waals surface area contributed by atoms with Crippen molar-refractivity contribution in [2.75, 3.05) is 5.73 Å². The highest BCUT2D eigenvalue weighted by Crippen LogP contribution is 2.23. The summed E-state index contributed by atoms with van der Waals surface area (Å²) in [5, 5.41) is 13.7. The molecule has 0 spiro atoms. The molecule has 0 atom stereocenters. The van der Waals surface area contributed by atoms with Gasteiger partial charge in [0.1, 0.15) is 6.54 Å². The zero-order valence-corrected chi connectivity index (χ0v) is 12.0. The van der Waals surface area contributed by atoms with Gasteiger partial charge in [-0.15, -0.1) is 5.10 Å². The Morgan fingerprint density at radius 2 is 1.78 bits per heavy atom.